The molecule has 3 fully saturated rings. The number of nitrogens with two attached hydrogens (primary N) is 1. The first-order chi connectivity index (χ1) is 13.1. The molecular weight excluding hydrogens is 342 g/mol. The van der Waals surface area contributed by atoms with Gasteiger partial charge in [-0.1, -0.05) is 0 Å². The summed E-state index contributed by atoms with van der Waals surface area (Å²) in [5, 5.41) is 14.4. The molecule has 3 N–H and O–H groups in total. The van der Waals surface area contributed by atoms with E-state index in [-0.39, 0.29) is 6.61 Å². The third kappa shape index (κ3) is 2.76. The maximum atomic E-state index is 9.48. The van der Waals surface area contributed by atoms with E-state index in [1.807, 2.05) is 6.07 Å². The van der Waals surface area contributed by atoms with E-state index in [0.29, 0.717) is 29.4 Å². The van der Waals surface area contributed by atoms with Crippen LogP contribution in [0.25, 0.3) is 11.3 Å². The molecule has 27 heavy (non-hydrogen) atoms. The van der Waals surface area contributed by atoms with Crippen LogP contribution >= 0.6 is 0 Å². The van der Waals surface area contributed by atoms with Crippen molar-refractivity contribution < 1.29 is 9.84 Å². The van der Waals surface area contributed by atoms with Gasteiger partial charge < -0.3 is 15.6 Å². The zero-order valence-corrected chi connectivity index (χ0v) is 15.9. The van der Waals surface area contributed by atoms with Crippen molar-refractivity contribution in [2.24, 2.45) is 11.8 Å². The average Bonchev–Trinajstić information content (AvgIpc) is 2.98. The summed E-state index contributed by atoms with van der Waals surface area (Å²) in [5.41, 5.74) is 9.63. The standard InChI is InChI=1S/C20H27N5O2/c1-11(2)25-18(19-15-6-24(7-16(15)19)14-9-27-10-14)4-17(23-25)12-3-13(8-26)20(21)22-5-12/h3-5,11,14-16,19,26H,6-10H2,1-2H3,(H2,21,22)/t15-,16+,19+. The molecule has 3 atom stereocenters. The van der Waals surface area contributed by atoms with Gasteiger partial charge in [-0.05, 0) is 37.8 Å². The van der Waals surface area contributed by atoms with Gasteiger partial charge in [0.1, 0.15) is 5.82 Å². The molecule has 0 unspecified atom stereocenters. The fraction of sp³-hybridized carbons (Fsp3) is 0.600. The van der Waals surface area contributed by atoms with Crippen LogP contribution < -0.4 is 5.73 Å². The predicted molar refractivity (Wildman–Crippen MR) is 102 cm³/mol. The number of aliphatic hydroxyl groups is 1. The monoisotopic (exact) mass is 369 g/mol. The normalized spacial score (nSPS) is 27.8. The molecule has 0 radical (unpaired) electrons. The van der Waals surface area contributed by atoms with E-state index < -0.39 is 0 Å². The van der Waals surface area contributed by atoms with Crippen LogP contribution in [-0.4, -0.2) is 57.1 Å². The fourth-order valence-electron chi connectivity index (χ4n) is 4.73. The number of nitrogens with zero attached hydrogens (tertiary/aromatic N) is 4. The lowest BCUT2D eigenvalue weighted by Gasteiger charge is -2.35. The predicted octanol–water partition coefficient (Wildman–Crippen LogP) is 1.64. The van der Waals surface area contributed by atoms with Crippen LogP contribution in [0.15, 0.2) is 18.3 Å². The van der Waals surface area contributed by atoms with E-state index in [4.69, 9.17) is 15.6 Å². The number of anilines is 1. The molecule has 7 nitrogen and oxygen atoms in total. The van der Waals surface area contributed by atoms with E-state index >= 15 is 0 Å². The molecule has 1 saturated carbocycles. The van der Waals surface area contributed by atoms with Gasteiger partial charge in [0.25, 0.3) is 0 Å². The van der Waals surface area contributed by atoms with Crippen molar-refractivity contribution in [1.82, 2.24) is 19.7 Å². The van der Waals surface area contributed by atoms with Gasteiger partial charge >= 0.3 is 0 Å². The molecule has 7 heteroatoms. The Morgan fingerprint density at radius 2 is 2.00 bits per heavy atom. The number of hydrogen-bond donors (Lipinski definition) is 2. The zero-order valence-electron chi connectivity index (χ0n) is 15.9. The third-order valence-electron chi connectivity index (χ3n) is 6.42. The molecule has 2 aromatic rings. The van der Waals surface area contributed by atoms with Crippen molar-refractivity contribution in [1.29, 1.82) is 0 Å². The van der Waals surface area contributed by atoms with Crippen LogP contribution in [0.5, 0.6) is 0 Å². The number of pyridine rings is 1. The van der Waals surface area contributed by atoms with Gasteiger partial charge in [0.05, 0.1) is 31.6 Å². The summed E-state index contributed by atoms with van der Waals surface area (Å²) in [5.74, 6) is 2.46. The Kier molecular flexibility index (Phi) is 4.00. The molecule has 144 valence electrons. The Morgan fingerprint density at radius 1 is 1.26 bits per heavy atom. The van der Waals surface area contributed by atoms with Crippen LogP contribution in [0, 0.1) is 11.8 Å². The molecule has 2 saturated heterocycles. The van der Waals surface area contributed by atoms with Crippen molar-refractivity contribution >= 4 is 5.82 Å². The lowest BCUT2D eigenvalue weighted by molar-refractivity contribution is -0.0610. The first-order valence-electron chi connectivity index (χ1n) is 9.83. The van der Waals surface area contributed by atoms with E-state index in [0.717, 1.165) is 36.3 Å². The van der Waals surface area contributed by atoms with E-state index in [2.05, 4.69) is 34.5 Å². The molecule has 0 bridgehead atoms. The topological polar surface area (TPSA) is 89.4 Å². The summed E-state index contributed by atoms with van der Waals surface area (Å²) < 4.78 is 7.52. The molecule has 0 aromatic carbocycles. The van der Waals surface area contributed by atoms with Crippen LogP contribution in [0.3, 0.4) is 0 Å². The van der Waals surface area contributed by atoms with E-state index in [1.54, 1.807) is 6.20 Å². The molecule has 1 aliphatic carbocycles. The summed E-state index contributed by atoms with van der Waals surface area (Å²) in [4.78, 5) is 6.82. The minimum Gasteiger partial charge on any atom is -0.392 e. The van der Waals surface area contributed by atoms with Gasteiger partial charge in [0.15, 0.2) is 0 Å². The zero-order chi connectivity index (χ0) is 18.7. The SMILES string of the molecule is CC(C)n1nc(-c2cnc(N)c(CO)c2)cc1[C@H]1[C@@H]2CN(C3COC3)C[C@@H]21. The van der Waals surface area contributed by atoms with Gasteiger partial charge in [-0.15, -0.1) is 0 Å². The minimum atomic E-state index is -0.113. The van der Waals surface area contributed by atoms with Crippen molar-refractivity contribution in [3.8, 4) is 11.3 Å². The van der Waals surface area contributed by atoms with Crippen molar-refractivity contribution in [2.75, 3.05) is 32.0 Å². The molecular formula is C20H27N5O2. The maximum Gasteiger partial charge on any atom is 0.128 e. The summed E-state index contributed by atoms with van der Waals surface area (Å²) in [6, 6.07) is 5.06. The number of hydrogen-bond acceptors (Lipinski definition) is 6. The van der Waals surface area contributed by atoms with Crippen LogP contribution in [-0.2, 0) is 11.3 Å². The number of likely N-dealkylation sites (tertiary alicyclic amines) is 1. The fourth-order valence-corrected chi connectivity index (χ4v) is 4.73. The summed E-state index contributed by atoms with van der Waals surface area (Å²) in [7, 11) is 0. The Morgan fingerprint density at radius 3 is 2.59 bits per heavy atom. The van der Waals surface area contributed by atoms with Gasteiger partial charge in [-0.2, -0.15) is 5.10 Å². The van der Waals surface area contributed by atoms with Crippen molar-refractivity contribution in [3.63, 3.8) is 0 Å². The first-order valence-corrected chi connectivity index (χ1v) is 9.83. The van der Waals surface area contributed by atoms with Crippen molar-refractivity contribution in [3.05, 3.63) is 29.6 Å². The summed E-state index contributed by atoms with van der Waals surface area (Å²) in [6.07, 6.45) is 1.75. The molecule has 2 aliphatic heterocycles. The molecule has 3 aliphatic rings. The quantitative estimate of drug-likeness (QED) is 0.833. The first kappa shape index (κ1) is 17.2. The highest BCUT2D eigenvalue weighted by Crippen LogP contribution is 2.59. The molecule has 5 rings (SSSR count). The average molecular weight is 369 g/mol. The Bertz CT molecular complexity index is 848. The highest BCUT2D eigenvalue weighted by molar-refractivity contribution is 5.62. The number of rotatable bonds is 5. The Hall–Kier alpha value is -1.96. The van der Waals surface area contributed by atoms with Crippen molar-refractivity contribution in [2.45, 2.75) is 38.5 Å². The van der Waals surface area contributed by atoms with Crippen LogP contribution in [0.1, 0.15) is 37.1 Å². The van der Waals surface area contributed by atoms with Gasteiger partial charge in [-0.3, -0.25) is 9.58 Å². The Labute approximate surface area is 159 Å². The second kappa shape index (κ2) is 6.29. The second-order valence-electron chi connectivity index (χ2n) is 8.42. The van der Waals surface area contributed by atoms with Crippen LogP contribution in [0.4, 0.5) is 5.82 Å². The van der Waals surface area contributed by atoms with Gasteiger partial charge in [-0.25, -0.2) is 4.98 Å². The molecule has 4 heterocycles. The number of fused-ring (bicyclic) bond motifs is 1. The Balaban J connectivity index is 1.41. The number of aromatic nitrogens is 3. The summed E-state index contributed by atoms with van der Waals surface area (Å²) in [6.45, 7) is 8.40. The lowest BCUT2D eigenvalue weighted by atomic mass is 10.1. The largest absolute Gasteiger partial charge is 0.392 e. The second-order valence-corrected chi connectivity index (χ2v) is 8.42. The van der Waals surface area contributed by atoms with Gasteiger partial charge in [0, 0.05) is 48.1 Å². The highest BCUT2D eigenvalue weighted by atomic mass is 16.5. The molecule has 0 spiro atoms. The maximum absolute atomic E-state index is 9.48. The lowest BCUT2D eigenvalue weighted by Crippen LogP contribution is -2.48. The smallest absolute Gasteiger partial charge is 0.128 e. The number of aliphatic hydroxyl groups excluding tert-OH is 1. The van der Waals surface area contributed by atoms with Gasteiger partial charge in [0.2, 0.25) is 0 Å². The van der Waals surface area contributed by atoms with Crippen LogP contribution in [0.2, 0.25) is 0 Å². The number of ether oxygens (including phenoxy) is 1. The third-order valence-corrected chi connectivity index (χ3v) is 6.42. The molecule has 0 amide bonds. The number of piperidine rings is 1. The molecule has 2 aromatic heterocycles. The van der Waals surface area contributed by atoms with E-state index in [9.17, 15) is 5.11 Å². The number of nitrogen functional groups attached to an aromatic ring is 1. The highest BCUT2D eigenvalue weighted by Gasteiger charge is 2.58. The van der Waals surface area contributed by atoms with E-state index in [1.165, 1.54) is 18.8 Å². The minimum absolute atomic E-state index is 0.113. The summed E-state index contributed by atoms with van der Waals surface area (Å²) >= 11 is 0.